The number of rotatable bonds is 4. The van der Waals surface area contributed by atoms with Crippen molar-refractivity contribution in [3.05, 3.63) is 34.3 Å². The minimum Gasteiger partial charge on any atom is -0.409 e. The number of oxime groups is 1. The Labute approximate surface area is 126 Å². The number of carbonyl (C=O) groups excluding carboxylic acids is 1. The first-order valence-electron chi connectivity index (χ1n) is 6.60. The highest BCUT2D eigenvalue weighted by Gasteiger charge is 2.45. The van der Waals surface area contributed by atoms with E-state index in [-0.39, 0.29) is 11.7 Å². The van der Waals surface area contributed by atoms with Crippen molar-refractivity contribution in [2.75, 3.05) is 0 Å². The second-order valence-electron chi connectivity index (χ2n) is 5.05. The van der Waals surface area contributed by atoms with Gasteiger partial charge in [-0.15, -0.1) is 0 Å². The Kier molecular flexibility index (Phi) is 4.65. The molecule has 0 radical (unpaired) electrons. The van der Waals surface area contributed by atoms with Gasteiger partial charge in [0, 0.05) is 11.0 Å². The highest BCUT2D eigenvalue weighted by Crippen LogP contribution is 2.38. The fraction of sp³-hybridized carbons (Fsp3) is 0.429. The number of hydrogen-bond acceptors (Lipinski definition) is 3. The summed E-state index contributed by atoms with van der Waals surface area (Å²) in [7, 11) is 0. The van der Waals surface area contributed by atoms with Crippen LogP contribution in [0.4, 0.5) is 0 Å². The summed E-state index contributed by atoms with van der Waals surface area (Å²) in [5, 5.41) is 14.9. The van der Waals surface area contributed by atoms with E-state index in [9.17, 15) is 4.79 Å². The molecule has 0 atom stereocenters. The second-order valence-corrected chi connectivity index (χ2v) is 5.90. The van der Waals surface area contributed by atoms with E-state index >= 15 is 0 Å². The number of halogens is 1. The van der Waals surface area contributed by atoms with Crippen molar-refractivity contribution in [1.29, 1.82) is 0 Å². The molecule has 0 heterocycles. The molecule has 6 heteroatoms. The maximum Gasteiger partial charge on any atom is 0.234 e. The number of nitrogens with two attached hydrogens (primary N) is 1. The van der Waals surface area contributed by atoms with Crippen molar-refractivity contribution < 1.29 is 10.0 Å². The van der Waals surface area contributed by atoms with E-state index in [2.05, 4.69) is 26.4 Å². The zero-order valence-electron chi connectivity index (χ0n) is 11.1. The van der Waals surface area contributed by atoms with Gasteiger partial charge in [-0.05, 0) is 24.5 Å². The lowest BCUT2D eigenvalue weighted by Gasteiger charge is -2.26. The summed E-state index contributed by atoms with van der Waals surface area (Å²) in [4.78, 5) is 12.5. The van der Waals surface area contributed by atoms with Crippen molar-refractivity contribution in [2.24, 2.45) is 16.3 Å². The zero-order chi connectivity index (χ0) is 14.6. The standard InChI is InChI=1S/C14H18BrN3O2/c15-11-6-2-1-5-10(11)9-17-13(19)14(12(16)18-20)7-3-4-8-14/h1-2,5-6,20H,3-4,7-9H2,(H2,16,18)(H,17,19). The van der Waals surface area contributed by atoms with Crippen LogP contribution in [0.5, 0.6) is 0 Å². The van der Waals surface area contributed by atoms with E-state index in [1.54, 1.807) is 0 Å². The minimum atomic E-state index is -0.851. The first-order chi connectivity index (χ1) is 9.60. The number of nitrogens with one attached hydrogen (secondary N) is 1. The van der Waals surface area contributed by atoms with Gasteiger partial charge in [0.25, 0.3) is 0 Å². The predicted octanol–water partition coefficient (Wildman–Crippen LogP) is 2.37. The quantitative estimate of drug-likeness (QED) is 0.340. The van der Waals surface area contributed by atoms with Crippen LogP contribution < -0.4 is 11.1 Å². The molecule has 0 spiro atoms. The number of amides is 1. The Bertz CT molecular complexity index is 525. The van der Waals surface area contributed by atoms with Crippen LogP contribution in [0.15, 0.2) is 33.9 Å². The van der Waals surface area contributed by atoms with Crippen LogP contribution in [-0.2, 0) is 11.3 Å². The largest absolute Gasteiger partial charge is 0.409 e. The van der Waals surface area contributed by atoms with E-state index in [4.69, 9.17) is 10.9 Å². The molecule has 5 nitrogen and oxygen atoms in total. The predicted molar refractivity (Wildman–Crippen MR) is 80.3 cm³/mol. The molecular weight excluding hydrogens is 322 g/mol. The fourth-order valence-corrected chi connectivity index (χ4v) is 3.09. The first-order valence-corrected chi connectivity index (χ1v) is 7.39. The van der Waals surface area contributed by atoms with Gasteiger partial charge >= 0.3 is 0 Å². The molecule has 1 aromatic rings. The fourth-order valence-electron chi connectivity index (χ4n) is 2.66. The van der Waals surface area contributed by atoms with Gasteiger partial charge < -0.3 is 16.3 Å². The summed E-state index contributed by atoms with van der Waals surface area (Å²) in [5.41, 5.74) is 5.89. The molecule has 0 unspecified atom stereocenters. The Morgan fingerprint density at radius 3 is 2.65 bits per heavy atom. The lowest BCUT2D eigenvalue weighted by Crippen LogP contribution is -2.48. The van der Waals surface area contributed by atoms with Crippen LogP contribution in [0.3, 0.4) is 0 Å². The van der Waals surface area contributed by atoms with E-state index < -0.39 is 5.41 Å². The summed E-state index contributed by atoms with van der Waals surface area (Å²) < 4.78 is 0.949. The van der Waals surface area contributed by atoms with Gasteiger partial charge in [-0.3, -0.25) is 4.79 Å². The normalized spacial score (nSPS) is 17.9. The summed E-state index contributed by atoms with van der Waals surface area (Å²) in [6, 6.07) is 7.71. The zero-order valence-corrected chi connectivity index (χ0v) is 12.7. The molecule has 0 bridgehead atoms. The van der Waals surface area contributed by atoms with Crippen LogP contribution in [-0.4, -0.2) is 17.0 Å². The van der Waals surface area contributed by atoms with Crippen molar-refractivity contribution in [1.82, 2.24) is 5.32 Å². The van der Waals surface area contributed by atoms with Crippen LogP contribution in [0, 0.1) is 5.41 Å². The van der Waals surface area contributed by atoms with E-state index in [1.165, 1.54) is 0 Å². The third-order valence-corrected chi connectivity index (χ3v) is 4.66. The van der Waals surface area contributed by atoms with Crippen molar-refractivity contribution in [3.63, 3.8) is 0 Å². The van der Waals surface area contributed by atoms with Gasteiger partial charge in [0.05, 0.1) is 0 Å². The number of hydrogen-bond donors (Lipinski definition) is 3. The summed E-state index contributed by atoms with van der Waals surface area (Å²) in [6.45, 7) is 0.417. The SMILES string of the molecule is NC(=NO)C1(C(=O)NCc2ccccc2Br)CCCC1. The molecule has 4 N–H and O–H groups in total. The Morgan fingerprint density at radius 2 is 2.05 bits per heavy atom. The molecule has 20 heavy (non-hydrogen) atoms. The molecule has 0 saturated heterocycles. The first kappa shape index (κ1) is 14.8. The molecule has 0 aromatic heterocycles. The number of amidine groups is 1. The summed E-state index contributed by atoms with van der Waals surface area (Å²) in [5.74, 6) is -0.152. The molecule has 1 saturated carbocycles. The molecule has 1 amide bonds. The third kappa shape index (κ3) is 2.80. The smallest absolute Gasteiger partial charge is 0.234 e. The molecule has 1 fully saturated rings. The molecule has 1 aliphatic carbocycles. The van der Waals surface area contributed by atoms with Crippen LogP contribution in [0.2, 0.25) is 0 Å². The Morgan fingerprint density at radius 1 is 1.40 bits per heavy atom. The molecule has 0 aliphatic heterocycles. The minimum absolute atomic E-state index is 0.0135. The summed E-state index contributed by atoms with van der Waals surface area (Å²) >= 11 is 3.45. The van der Waals surface area contributed by atoms with Gasteiger partial charge in [0.2, 0.25) is 5.91 Å². The van der Waals surface area contributed by atoms with Crippen molar-refractivity contribution >= 4 is 27.7 Å². The lowest BCUT2D eigenvalue weighted by molar-refractivity contribution is -0.127. The molecule has 1 aromatic carbocycles. The maximum atomic E-state index is 12.5. The topological polar surface area (TPSA) is 87.7 Å². The Hall–Kier alpha value is -1.56. The molecular formula is C14H18BrN3O2. The third-order valence-electron chi connectivity index (χ3n) is 3.89. The van der Waals surface area contributed by atoms with Gasteiger partial charge in [0.15, 0.2) is 5.84 Å². The van der Waals surface area contributed by atoms with Gasteiger partial charge in [-0.25, -0.2) is 0 Å². The number of carbonyl (C=O) groups is 1. The van der Waals surface area contributed by atoms with E-state index in [0.717, 1.165) is 22.9 Å². The van der Waals surface area contributed by atoms with E-state index in [1.807, 2.05) is 24.3 Å². The van der Waals surface area contributed by atoms with E-state index in [0.29, 0.717) is 19.4 Å². The lowest BCUT2D eigenvalue weighted by atomic mass is 9.83. The van der Waals surface area contributed by atoms with Crippen LogP contribution in [0.1, 0.15) is 31.2 Å². The maximum absolute atomic E-state index is 12.5. The highest BCUT2D eigenvalue weighted by atomic mass is 79.9. The Balaban J connectivity index is 2.09. The molecule has 2 rings (SSSR count). The number of benzene rings is 1. The van der Waals surface area contributed by atoms with Gasteiger partial charge in [0.1, 0.15) is 5.41 Å². The highest BCUT2D eigenvalue weighted by molar-refractivity contribution is 9.10. The second kappa shape index (κ2) is 6.26. The van der Waals surface area contributed by atoms with Gasteiger partial charge in [-0.2, -0.15) is 0 Å². The number of nitrogens with zero attached hydrogens (tertiary/aromatic N) is 1. The average Bonchev–Trinajstić information content (AvgIpc) is 2.96. The average molecular weight is 340 g/mol. The molecule has 108 valence electrons. The summed E-state index contributed by atoms with van der Waals surface area (Å²) in [6.07, 6.45) is 3.09. The van der Waals surface area contributed by atoms with Crippen LogP contribution >= 0.6 is 15.9 Å². The van der Waals surface area contributed by atoms with Gasteiger partial charge in [-0.1, -0.05) is 52.1 Å². The monoisotopic (exact) mass is 339 g/mol. The molecule has 1 aliphatic rings. The van der Waals surface area contributed by atoms with Crippen molar-refractivity contribution in [2.45, 2.75) is 32.2 Å². The van der Waals surface area contributed by atoms with Crippen LogP contribution in [0.25, 0.3) is 0 Å². The van der Waals surface area contributed by atoms with Crippen molar-refractivity contribution in [3.8, 4) is 0 Å².